The molecule has 6 nitrogen and oxygen atoms in total. The first-order valence-electron chi connectivity index (χ1n) is 7.76. The molecule has 0 aliphatic heterocycles. The van der Waals surface area contributed by atoms with Gasteiger partial charge in [-0.25, -0.2) is 13.4 Å². The normalized spacial score (nSPS) is 12.7. The predicted molar refractivity (Wildman–Crippen MR) is 107 cm³/mol. The molecule has 1 amide bonds. The molecule has 1 aromatic heterocycles. The highest BCUT2D eigenvalue weighted by atomic mass is 35.5. The van der Waals surface area contributed by atoms with E-state index in [-0.39, 0.29) is 17.3 Å². The summed E-state index contributed by atoms with van der Waals surface area (Å²) in [6, 6.07) is 3.80. The molecule has 0 aliphatic rings. The maximum atomic E-state index is 12.7. The summed E-state index contributed by atoms with van der Waals surface area (Å²) in [7, 11) is -3.88. The van der Waals surface area contributed by atoms with E-state index in [9.17, 15) is 13.2 Å². The molecule has 10 heteroatoms. The van der Waals surface area contributed by atoms with E-state index >= 15 is 0 Å². The topological polar surface area (TPSA) is 88.2 Å². The molecule has 0 spiro atoms. The molecule has 0 saturated heterocycles. The van der Waals surface area contributed by atoms with Gasteiger partial charge in [-0.15, -0.1) is 11.3 Å². The largest absolute Gasteiger partial charge is 0.349 e. The zero-order chi connectivity index (χ0) is 19.2. The molecular formula is C16H20ClN3O3S3. The summed E-state index contributed by atoms with van der Waals surface area (Å²) >= 11 is 9.01. The van der Waals surface area contributed by atoms with Crippen molar-refractivity contribution in [3.8, 4) is 0 Å². The highest BCUT2D eigenvalue weighted by Crippen LogP contribution is 2.23. The molecule has 0 bridgehead atoms. The van der Waals surface area contributed by atoms with Crippen molar-refractivity contribution in [1.29, 1.82) is 0 Å². The number of hydrogen-bond donors (Lipinski definition) is 2. The molecule has 1 heterocycles. The second-order valence-corrected chi connectivity index (χ2v) is 9.31. The van der Waals surface area contributed by atoms with E-state index in [0.29, 0.717) is 22.8 Å². The number of thiazole rings is 1. The Morgan fingerprint density at radius 1 is 1.42 bits per heavy atom. The lowest BCUT2D eigenvalue weighted by molar-refractivity contribution is -0.122. The molecule has 2 aromatic rings. The molecule has 0 saturated carbocycles. The van der Waals surface area contributed by atoms with Gasteiger partial charge in [0.15, 0.2) is 0 Å². The lowest BCUT2D eigenvalue weighted by Crippen LogP contribution is -2.46. The Kier molecular flexibility index (Phi) is 7.90. The molecule has 2 rings (SSSR count). The quantitative estimate of drug-likeness (QED) is 0.634. The number of sulfonamides is 1. The number of carbonyl (C=O) groups excluding carboxylic acids is 1. The summed E-state index contributed by atoms with van der Waals surface area (Å²) in [4.78, 5) is 16.7. The minimum Gasteiger partial charge on any atom is -0.349 e. The number of thioether (sulfide) groups is 1. The number of benzene rings is 1. The van der Waals surface area contributed by atoms with Crippen molar-refractivity contribution >= 4 is 50.6 Å². The van der Waals surface area contributed by atoms with E-state index < -0.39 is 16.1 Å². The van der Waals surface area contributed by atoms with Crippen molar-refractivity contribution < 1.29 is 13.2 Å². The fourth-order valence-electron chi connectivity index (χ4n) is 2.23. The van der Waals surface area contributed by atoms with Crippen LogP contribution < -0.4 is 10.0 Å². The molecule has 0 unspecified atom stereocenters. The first-order valence-corrected chi connectivity index (χ1v) is 12.0. The molecule has 26 heavy (non-hydrogen) atoms. The minimum atomic E-state index is -3.88. The van der Waals surface area contributed by atoms with E-state index in [1.165, 1.54) is 17.4 Å². The molecule has 2 N–H and O–H groups in total. The molecule has 1 aromatic carbocycles. The van der Waals surface area contributed by atoms with Crippen molar-refractivity contribution in [3.05, 3.63) is 45.4 Å². The minimum absolute atomic E-state index is 0.0754. The van der Waals surface area contributed by atoms with Crippen molar-refractivity contribution in [3.63, 3.8) is 0 Å². The third kappa shape index (κ3) is 5.68. The monoisotopic (exact) mass is 433 g/mol. The summed E-state index contributed by atoms with van der Waals surface area (Å²) in [6.07, 6.45) is 2.28. The van der Waals surface area contributed by atoms with Gasteiger partial charge < -0.3 is 5.32 Å². The number of hydrogen-bond acceptors (Lipinski definition) is 6. The third-order valence-electron chi connectivity index (χ3n) is 3.66. The van der Waals surface area contributed by atoms with E-state index in [2.05, 4.69) is 15.0 Å². The van der Waals surface area contributed by atoms with Crippen LogP contribution in [0.15, 0.2) is 34.0 Å². The number of aromatic nitrogens is 1. The van der Waals surface area contributed by atoms with Crippen LogP contribution in [0.25, 0.3) is 0 Å². The molecular weight excluding hydrogens is 414 g/mol. The molecule has 0 radical (unpaired) electrons. The van der Waals surface area contributed by atoms with Crippen molar-refractivity contribution in [2.75, 3.05) is 12.0 Å². The van der Waals surface area contributed by atoms with Gasteiger partial charge in [0.2, 0.25) is 15.9 Å². The number of nitrogens with one attached hydrogen (secondary N) is 2. The summed E-state index contributed by atoms with van der Waals surface area (Å²) in [5, 5.41) is 4.93. The van der Waals surface area contributed by atoms with Crippen molar-refractivity contribution in [2.24, 2.45) is 0 Å². The Hall–Kier alpha value is -1.13. The van der Waals surface area contributed by atoms with Crippen LogP contribution in [0.1, 0.15) is 17.7 Å². The van der Waals surface area contributed by atoms with Crippen LogP contribution in [-0.2, 0) is 21.4 Å². The highest BCUT2D eigenvalue weighted by Gasteiger charge is 2.27. The SMILES string of the molecule is CSCC[C@H](NS(=O)(=O)c1cccc(Cl)c1C)C(=O)NCc1cscn1. The third-order valence-corrected chi connectivity index (χ3v) is 6.96. The van der Waals surface area contributed by atoms with Crippen LogP contribution in [0.5, 0.6) is 0 Å². The zero-order valence-electron chi connectivity index (χ0n) is 14.4. The first kappa shape index (κ1) is 21.2. The maximum Gasteiger partial charge on any atom is 0.241 e. The molecule has 0 fully saturated rings. The second-order valence-electron chi connectivity index (χ2n) is 5.52. The van der Waals surface area contributed by atoms with Crippen LogP contribution >= 0.6 is 34.7 Å². The van der Waals surface area contributed by atoms with E-state index in [0.717, 1.165) is 5.69 Å². The van der Waals surface area contributed by atoms with Gasteiger partial charge >= 0.3 is 0 Å². The Morgan fingerprint density at radius 2 is 2.19 bits per heavy atom. The Morgan fingerprint density at radius 3 is 2.85 bits per heavy atom. The Labute approximate surface area is 166 Å². The average Bonchev–Trinajstić information content (AvgIpc) is 3.12. The maximum absolute atomic E-state index is 12.7. The predicted octanol–water partition coefficient (Wildman–Crippen LogP) is 2.82. The number of halogens is 1. The van der Waals surface area contributed by atoms with Crippen LogP contribution in [0.3, 0.4) is 0 Å². The molecule has 0 aliphatic carbocycles. The van der Waals surface area contributed by atoms with Crippen LogP contribution in [0.2, 0.25) is 5.02 Å². The number of rotatable bonds is 9. The van der Waals surface area contributed by atoms with Crippen LogP contribution in [0, 0.1) is 6.92 Å². The van der Waals surface area contributed by atoms with Gasteiger partial charge in [0.25, 0.3) is 0 Å². The van der Waals surface area contributed by atoms with E-state index in [4.69, 9.17) is 11.6 Å². The van der Waals surface area contributed by atoms with Crippen LogP contribution in [0.4, 0.5) is 0 Å². The number of carbonyl (C=O) groups is 1. The van der Waals surface area contributed by atoms with Gasteiger partial charge in [-0.05, 0) is 43.0 Å². The fourth-order valence-corrected chi connectivity index (χ4v) is 4.99. The van der Waals surface area contributed by atoms with Gasteiger partial charge in [-0.3, -0.25) is 4.79 Å². The highest BCUT2D eigenvalue weighted by molar-refractivity contribution is 7.98. The Bertz CT molecular complexity index is 842. The molecule has 1 atom stereocenters. The van der Waals surface area contributed by atoms with E-state index in [1.807, 2.05) is 11.6 Å². The summed E-state index contributed by atoms with van der Waals surface area (Å²) in [5.74, 6) is 0.265. The lowest BCUT2D eigenvalue weighted by Gasteiger charge is -2.19. The zero-order valence-corrected chi connectivity index (χ0v) is 17.6. The average molecular weight is 434 g/mol. The standard InChI is InChI=1S/C16H20ClN3O3S3/c1-11-13(17)4-3-5-15(11)26(22,23)20-14(6-7-24-2)16(21)18-8-12-9-25-10-19-12/h3-5,9-10,14,20H,6-8H2,1-2H3,(H,18,21)/t14-/m0/s1. The Balaban J connectivity index is 2.15. The first-order chi connectivity index (χ1) is 12.3. The van der Waals surface area contributed by atoms with Gasteiger partial charge in [0.05, 0.1) is 22.6 Å². The lowest BCUT2D eigenvalue weighted by atomic mass is 10.2. The van der Waals surface area contributed by atoms with Gasteiger partial charge in [0.1, 0.15) is 6.04 Å². The van der Waals surface area contributed by atoms with Gasteiger partial charge in [-0.2, -0.15) is 16.5 Å². The van der Waals surface area contributed by atoms with E-state index in [1.54, 1.807) is 36.3 Å². The molecule has 142 valence electrons. The fraction of sp³-hybridized carbons (Fsp3) is 0.375. The van der Waals surface area contributed by atoms with Crippen molar-refractivity contribution in [1.82, 2.24) is 15.0 Å². The van der Waals surface area contributed by atoms with Crippen LogP contribution in [-0.4, -0.2) is 37.4 Å². The number of amides is 1. The summed E-state index contributed by atoms with van der Waals surface area (Å²) in [6.45, 7) is 1.89. The summed E-state index contributed by atoms with van der Waals surface area (Å²) in [5.41, 5.74) is 2.87. The van der Waals surface area contributed by atoms with Crippen molar-refractivity contribution in [2.45, 2.75) is 30.8 Å². The second kappa shape index (κ2) is 9.70. The summed E-state index contributed by atoms with van der Waals surface area (Å²) < 4.78 is 28.0. The van der Waals surface area contributed by atoms with Gasteiger partial charge in [0, 0.05) is 10.4 Å². The smallest absolute Gasteiger partial charge is 0.241 e. The van der Waals surface area contributed by atoms with Gasteiger partial charge in [-0.1, -0.05) is 17.7 Å². The number of nitrogens with zero attached hydrogens (tertiary/aromatic N) is 1.